The number of Topliss-reactive ketones (excluding diaryl/α,β-unsaturated/α-hetero) is 1. The molecule has 62 valence electrons. The highest BCUT2D eigenvalue weighted by atomic mass is 35.5. The Hall–Kier alpha value is -0.0400. The fourth-order valence-electron chi connectivity index (χ4n) is 2.38. The largest absolute Gasteiger partial charge is 0.298 e. The van der Waals surface area contributed by atoms with E-state index >= 15 is 0 Å². The molecule has 2 aliphatic carbocycles. The van der Waals surface area contributed by atoms with E-state index in [1.54, 1.807) is 0 Å². The fourth-order valence-corrected chi connectivity index (χ4v) is 2.64. The first-order valence-electron chi connectivity index (χ1n) is 4.31. The topological polar surface area (TPSA) is 17.1 Å². The van der Waals surface area contributed by atoms with Crippen LogP contribution in [-0.2, 0) is 4.79 Å². The third-order valence-electron chi connectivity index (χ3n) is 3.47. The lowest BCUT2D eigenvalue weighted by molar-refractivity contribution is -0.137. The first kappa shape index (κ1) is 7.60. The monoisotopic (exact) mass is 172 g/mol. The van der Waals surface area contributed by atoms with Gasteiger partial charge in [-0.1, -0.05) is 6.92 Å². The number of hydrogen-bond donors (Lipinski definition) is 0. The third kappa shape index (κ3) is 0.936. The summed E-state index contributed by atoms with van der Waals surface area (Å²) in [5, 5.41) is -0.173. The molecule has 0 heterocycles. The van der Waals surface area contributed by atoms with Gasteiger partial charge in [0.2, 0.25) is 0 Å². The van der Waals surface area contributed by atoms with Gasteiger partial charge in [-0.05, 0) is 31.1 Å². The number of carbonyl (C=O) groups excluding carboxylic acids is 1. The van der Waals surface area contributed by atoms with E-state index in [1.165, 1.54) is 6.42 Å². The smallest absolute Gasteiger partial charge is 0.154 e. The normalized spacial score (nSPS) is 49.8. The van der Waals surface area contributed by atoms with Crippen LogP contribution in [0.1, 0.15) is 32.6 Å². The van der Waals surface area contributed by atoms with Crippen molar-refractivity contribution in [1.29, 1.82) is 0 Å². The van der Waals surface area contributed by atoms with Crippen molar-refractivity contribution in [3.05, 3.63) is 0 Å². The highest BCUT2D eigenvalue weighted by molar-refractivity contribution is 6.31. The number of hydrogen-bond acceptors (Lipinski definition) is 1. The van der Waals surface area contributed by atoms with Gasteiger partial charge in [-0.3, -0.25) is 4.79 Å². The van der Waals surface area contributed by atoms with Gasteiger partial charge in [0, 0.05) is 5.92 Å². The fraction of sp³-hybridized carbons (Fsp3) is 0.889. The number of rotatable bonds is 0. The van der Waals surface area contributed by atoms with Crippen LogP contribution in [-0.4, -0.2) is 11.2 Å². The lowest BCUT2D eigenvalue weighted by atomic mass is 9.54. The summed E-state index contributed by atoms with van der Waals surface area (Å²) in [5.74, 6) is 0.616. The maximum Gasteiger partial charge on any atom is 0.154 e. The van der Waals surface area contributed by atoms with Gasteiger partial charge in [0.05, 0.1) is 5.38 Å². The van der Waals surface area contributed by atoms with Crippen molar-refractivity contribution in [3.63, 3.8) is 0 Å². The van der Waals surface area contributed by atoms with Crippen LogP contribution < -0.4 is 0 Å². The highest BCUT2D eigenvalue weighted by Gasteiger charge is 2.51. The van der Waals surface area contributed by atoms with Crippen molar-refractivity contribution in [2.45, 2.75) is 38.0 Å². The van der Waals surface area contributed by atoms with E-state index in [1.807, 2.05) is 0 Å². The van der Waals surface area contributed by atoms with Crippen LogP contribution in [0.25, 0.3) is 0 Å². The van der Waals surface area contributed by atoms with Gasteiger partial charge < -0.3 is 0 Å². The molecule has 3 unspecified atom stereocenters. The van der Waals surface area contributed by atoms with E-state index in [0.29, 0.717) is 17.1 Å². The van der Waals surface area contributed by atoms with Crippen LogP contribution in [0.2, 0.25) is 0 Å². The Kier molecular flexibility index (Phi) is 1.54. The van der Waals surface area contributed by atoms with Gasteiger partial charge in [-0.2, -0.15) is 0 Å². The summed E-state index contributed by atoms with van der Waals surface area (Å²) in [4.78, 5) is 11.5. The molecule has 2 heteroatoms. The molecule has 0 radical (unpaired) electrons. The van der Waals surface area contributed by atoms with E-state index in [9.17, 15) is 4.79 Å². The summed E-state index contributed by atoms with van der Waals surface area (Å²) < 4.78 is 0. The van der Waals surface area contributed by atoms with Crippen LogP contribution in [0.5, 0.6) is 0 Å². The van der Waals surface area contributed by atoms with Crippen molar-refractivity contribution < 1.29 is 4.79 Å². The predicted molar refractivity (Wildman–Crippen MR) is 44.7 cm³/mol. The Labute approximate surface area is 72.1 Å². The molecular weight excluding hydrogens is 160 g/mol. The number of ketones is 1. The van der Waals surface area contributed by atoms with Crippen molar-refractivity contribution in [3.8, 4) is 0 Å². The molecule has 0 bridgehead atoms. The van der Waals surface area contributed by atoms with Crippen molar-refractivity contribution in [2.75, 3.05) is 0 Å². The van der Waals surface area contributed by atoms with Crippen molar-refractivity contribution in [2.24, 2.45) is 11.3 Å². The first-order valence-corrected chi connectivity index (χ1v) is 4.75. The van der Waals surface area contributed by atoms with Crippen LogP contribution in [0.4, 0.5) is 0 Å². The average Bonchev–Trinajstić information content (AvgIpc) is 1.95. The van der Waals surface area contributed by atoms with Gasteiger partial charge in [-0.25, -0.2) is 0 Å². The van der Waals surface area contributed by atoms with E-state index in [2.05, 4.69) is 6.92 Å². The van der Waals surface area contributed by atoms with Crippen LogP contribution >= 0.6 is 11.6 Å². The Morgan fingerprint density at radius 3 is 2.55 bits per heavy atom. The van der Waals surface area contributed by atoms with E-state index < -0.39 is 0 Å². The maximum absolute atomic E-state index is 11.5. The van der Waals surface area contributed by atoms with Gasteiger partial charge in [-0.15, -0.1) is 11.6 Å². The van der Waals surface area contributed by atoms with Crippen LogP contribution in [0, 0.1) is 11.3 Å². The minimum atomic E-state index is -0.173. The highest BCUT2D eigenvalue weighted by Crippen LogP contribution is 2.54. The summed E-state index contributed by atoms with van der Waals surface area (Å²) in [7, 11) is 0. The Morgan fingerprint density at radius 1 is 1.45 bits per heavy atom. The molecule has 0 saturated heterocycles. The minimum Gasteiger partial charge on any atom is -0.298 e. The molecule has 2 saturated carbocycles. The number of fused-ring (bicyclic) bond motifs is 1. The van der Waals surface area contributed by atoms with Crippen LogP contribution in [0.15, 0.2) is 0 Å². The van der Waals surface area contributed by atoms with Gasteiger partial charge >= 0.3 is 0 Å². The molecule has 1 nitrogen and oxygen atoms in total. The molecule has 0 aromatic rings. The molecule has 0 spiro atoms. The summed E-state index contributed by atoms with van der Waals surface area (Å²) in [6.45, 7) is 2.22. The van der Waals surface area contributed by atoms with Crippen molar-refractivity contribution in [1.82, 2.24) is 0 Å². The maximum atomic E-state index is 11.5. The first-order chi connectivity index (χ1) is 5.13. The molecule has 0 aliphatic heterocycles. The Morgan fingerprint density at radius 2 is 2.09 bits per heavy atom. The summed E-state index contributed by atoms with van der Waals surface area (Å²) in [6, 6.07) is 0. The molecule has 0 N–H and O–H groups in total. The second-order valence-corrected chi connectivity index (χ2v) is 4.68. The zero-order chi connectivity index (χ0) is 8.06. The molecular formula is C9H13ClO. The van der Waals surface area contributed by atoms with Gasteiger partial charge in [0.15, 0.2) is 5.78 Å². The van der Waals surface area contributed by atoms with Gasteiger partial charge in [0.25, 0.3) is 0 Å². The quantitative estimate of drug-likeness (QED) is 0.513. The molecule has 2 rings (SSSR count). The third-order valence-corrected chi connectivity index (χ3v) is 3.90. The van der Waals surface area contributed by atoms with Crippen molar-refractivity contribution >= 4 is 17.4 Å². The molecule has 11 heavy (non-hydrogen) atoms. The van der Waals surface area contributed by atoms with E-state index in [0.717, 1.165) is 19.3 Å². The SMILES string of the molecule is CC12CCC(Cl)C(=O)C1CC2. The number of alkyl halides is 1. The Balaban J connectivity index is 2.17. The summed E-state index contributed by atoms with van der Waals surface area (Å²) in [6.07, 6.45) is 4.36. The van der Waals surface area contributed by atoms with Crippen LogP contribution in [0.3, 0.4) is 0 Å². The zero-order valence-electron chi connectivity index (χ0n) is 6.77. The second-order valence-electron chi connectivity index (χ2n) is 4.15. The zero-order valence-corrected chi connectivity index (χ0v) is 7.53. The van der Waals surface area contributed by atoms with E-state index in [4.69, 9.17) is 11.6 Å². The van der Waals surface area contributed by atoms with E-state index in [-0.39, 0.29) is 5.38 Å². The summed E-state index contributed by atoms with van der Waals surface area (Å²) >= 11 is 5.87. The standard InChI is InChI=1S/C9H13ClO/c1-9-4-2-6(9)8(11)7(10)3-5-9/h6-7H,2-5H2,1H3. The molecule has 2 aliphatic rings. The molecule has 2 fully saturated rings. The molecule has 0 aromatic heterocycles. The number of halogens is 1. The van der Waals surface area contributed by atoms with Gasteiger partial charge in [0.1, 0.15) is 0 Å². The number of carbonyl (C=O) groups is 1. The Bertz CT molecular complexity index is 202. The summed E-state index contributed by atoms with van der Waals surface area (Å²) in [5.41, 5.74) is 0.336. The molecule has 0 aromatic carbocycles. The molecule has 3 atom stereocenters. The average molecular weight is 173 g/mol. The molecule has 0 amide bonds. The predicted octanol–water partition coefficient (Wildman–Crippen LogP) is 2.37. The minimum absolute atomic E-state index is 0.173. The lowest BCUT2D eigenvalue weighted by Crippen LogP contribution is -2.49. The second kappa shape index (κ2) is 2.22. The lowest BCUT2D eigenvalue weighted by Gasteiger charge is -2.50.